The first kappa shape index (κ1) is 21.7. The summed E-state index contributed by atoms with van der Waals surface area (Å²) >= 11 is 0. The molecule has 0 saturated carbocycles. The molecule has 0 aliphatic carbocycles. The van der Waals surface area contributed by atoms with Crippen LogP contribution in [0.1, 0.15) is 41.6 Å². The van der Waals surface area contributed by atoms with Crippen LogP contribution in [0.3, 0.4) is 0 Å². The Hall–Kier alpha value is -2.17. The van der Waals surface area contributed by atoms with Crippen LogP contribution in [-0.4, -0.2) is 61.0 Å². The van der Waals surface area contributed by atoms with E-state index in [1.54, 1.807) is 0 Å². The summed E-state index contributed by atoms with van der Waals surface area (Å²) in [4.78, 5) is 17.8. The van der Waals surface area contributed by atoms with Crippen molar-refractivity contribution in [3.05, 3.63) is 71.8 Å². The summed E-state index contributed by atoms with van der Waals surface area (Å²) in [6, 6.07) is 21.1. The molecule has 2 bridgehead atoms. The summed E-state index contributed by atoms with van der Waals surface area (Å²) in [6.07, 6.45) is 6.49. The lowest BCUT2D eigenvalue weighted by molar-refractivity contribution is -0.0151. The van der Waals surface area contributed by atoms with Gasteiger partial charge < -0.3 is 10.2 Å². The van der Waals surface area contributed by atoms with Crippen molar-refractivity contribution in [3.63, 3.8) is 0 Å². The molecule has 4 heterocycles. The van der Waals surface area contributed by atoms with Crippen molar-refractivity contribution < 1.29 is 4.79 Å². The first-order chi connectivity index (χ1) is 15.7. The van der Waals surface area contributed by atoms with Crippen molar-refractivity contribution in [1.82, 2.24) is 15.1 Å². The van der Waals surface area contributed by atoms with Gasteiger partial charge in [0.25, 0.3) is 5.91 Å². The molecule has 4 saturated heterocycles. The molecule has 2 aromatic rings. The molecule has 1 unspecified atom stereocenters. The Bertz CT molecular complexity index is 863. The summed E-state index contributed by atoms with van der Waals surface area (Å²) in [5.74, 6) is 2.53. The minimum absolute atomic E-state index is 0.0585. The van der Waals surface area contributed by atoms with Gasteiger partial charge in [-0.15, -0.1) is 0 Å². The predicted octanol–water partition coefficient (Wildman–Crippen LogP) is 4.08. The number of nitrogens with zero attached hydrogens (tertiary/aromatic N) is 2. The van der Waals surface area contributed by atoms with E-state index in [1.807, 2.05) is 30.3 Å². The maximum Gasteiger partial charge on any atom is 0.251 e. The Morgan fingerprint density at radius 1 is 0.906 bits per heavy atom. The molecule has 4 atom stereocenters. The van der Waals surface area contributed by atoms with E-state index in [4.69, 9.17) is 0 Å². The predicted molar refractivity (Wildman–Crippen MR) is 130 cm³/mol. The molecule has 4 aliphatic heterocycles. The molecule has 0 spiro atoms. The normalized spacial score (nSPS) is 28.5. The minimum atomic E-state index is 0.0585. The van der Waals surface area contributed by atoms with Gasteiger partial charge in [0.1, 0.15) is 0 Å². The lowest BCUT2D eigenvalue weighted by Crippen LogP contribution is -2.58. The zero-order chi connectivity index (χ0) is 21.8. The topological polar surface area (TPSA) is 35.6 Å². The highest BCUT2D eigenvalue weighted by atomic mass is 16.1. The molecule has 0 aromatic heterocycles. The van der Waals surface area contributed by atoms with E-state index in [0.717, 1.165) is 29.9 Å². The van der Waals surface area contributed by atoms with Gasteiger partial charge in [0, 0.05) is 31.2 Å². The van der Waals surface area contributed by atoms with E-state index >= 15 is 0 Å². The molecule has 2 aromatic carbocycles. The standard InChI is InChI=1S/C28H37N3O/c32-28(24-9-5-2-6-10-24)29-19-27-18-25-13-16-31(27)21-26(25)20-30-14-11-23(12-15-30)17-22-7-3-1-4-8-22/h1-10,23,25-27H,11-21H2,(H,29,32)/t25-,26-,27+/m0/s1. The Labute approximate surface area is 193 Å². The van der Waals surface area contributed by atoms with Gasteiger partial charge >= 0.3 is 0 Å². The third-order valence-corrected chi connectivity index (χ3v) is 8.12. The van der Waals surface area contributed by atoms with Crippen molar-refractivity contribution in [1.29, 1.82) is 0 Å². The monoisotopic (exact) mass is 431 g/mol. The van der Waals surface area contributed by atoms with Gasteiger partial charge in [-0.1, -0.05) is 48.5 Å². The van der Waals surface area contributed by atoms with Crippen molar-refractivity contribution in [2.45, 2.75) is 38.1 Å². The number of nitrogens with one attached hydrogen (secondary N) is 1. The maximum atomic E-state index is 12.4. The van der Waals surface area contributed by atoms with Gasteiger partial charge in [0.05, 0.1) is 0 Å². The number of carbonyl (C=O) groups excluding carboxylic acids is 1. The van der Waals surface area contributed by atoms with Crippen LogP contribution in [0.15, 0.2) is 60.7 Å². The minimum Gasteiger partial charge on any atom is -0.350 e. The van der Waals surface area contributed by atoms with E-state index in [9.17, 15) is 4.79 Å². The SMILES string of the molecule is O=C(NC[C@H]1C[C@@H]2CCN1C[C@@H]2CN1CCC(Cc2ccccc2)CC1)c1ccccc1. The number of carbonyl (C=O) groups is 1. The largest absolute Gasteiger partial charge is 0.350 e. The third-order valence-electron chi connectivity index (χ3n) is 8.12. The van der Waals surface area contributed by atoms with Crippen LogP contribution < -0.4 is 5.32 Å². The highest BCUT2D eigenvalue weighted by molar-refractivity contribution is 5.94. The van der Waals surface area contributed by atoms with Crippen LogP contribution in [0.5, 0.6) is 0 Å². The van der Waals surface area contributed by atoms with E-state index in [-0.39, 0.29) is 5.91 Å². The molecule has 4 fully saturated rings. The van der Waals surface area contributed by atoms with Crippen LogP contribution >= 0.6 is 0 Å². The van der Waals surface area contributed by atoms with E-state index in [1.165, 1.54) is 70.4 Å². The maximum absolute atomic E-state index is 12.4. The number of fused-ring (bicyclic) bond motifs is 3. The Kier molecular flexibility index (Phi) is 6.89. The average molecular weight is 432 g/mol. The van der Waals surface area contributed by atoms with Crippen LogP contribution in [0.2, 0.25) is 0 Å². The van der Waals surface area contributed by atoms with E-state index in [0.29, 0.717) is 6.04 Å². The fourth-order valence-corrected chi connectivity index (χ4v) is 6.22. The Morgan fingerprint density at radius 3 is 2.31 bits per heavy atom. The van der Waals surface area contributed by atoms with Crippen LogP contribution in [0.4, 0.5) is 0 Å². The molecule has 4 heteroatoms. The Balaban J connectivity index is 1.06. The van der Waals surface area contributed by atoms with Crippen molar-refractivity contribution in [2.24, 2.45) is 17.8 Å². The van der Waals surface area contributed by atoms with Crippen molar-refractivity contribution >= 4 is 5.91 Å². The summed E-state index contributed by atoms with van der Waals surface area (Å²) in [7, 11) is 0. The van der Waals surface area contributed by atoms with Crippen LogP contribution in [0, 0.1) is 17.8 Å². The summed E-state index contributed by atoms with van der Waals surface area (Å²) in [6.45, 7) is 6.98. The summed E-state index contributed by atoms with van der Waals surface area (Å²) in [5.41, 5.74) is 2.26. The molecule has 32 heavy (non-hydrogen) atoms. The van der Waals surface area contributed by atoms with Crippen molar-refractivity contribution in [3.8, 4) is 0 Å². The van der Waals surface area contributed by atoms with Gasteiger partial charge in [-0.05, 0) is 87.2 Å². The second-order valence-electron chi connectivity index (χ2n) is 10.2. The zero-order valence-electron chi connectivity index (χ0n) is 19.2. The van der Waals surface area contributed by atoms with Gasteiger partial charge in [-0.25, -0.2) is 0 Å². The van der Waals surface area contributed by atoms with E-state index < -0.39 is 0 Å². The first-order valence-electron chi connectivity index (χ1n) is 12.6. The summed E-state index contributed by atoms with van der Waals surface area (Å²) in [5, 5.41) is 3.18. The fourth-order valence-electron chi connectivity index (χ4n) is 6.22. The molecule has 170 valence electrons. The van der Waals surface area contributed by atoms with Gasteiger partial charge in [0.15, 0.2) is 0 Å². The van der Waals surface area contributed by atoms with Gasteiger partial charge in [0.2, 0.25) is 0 Å². The number of benzene rings is 2. The second kappa shape index (κ2) is 10.2. The molecule has 4 nitrogen and oxygen atoms in total. The fraction of sp³-hybridized carbons (Fsp3) is 0.536. The average Bonchev–Trinajstić information content (AvgIpc) is 2.85. The first-order valence-corrected chi connectivity index (χ1v) is 12.6. The number of likely N-dealkylation sites (tertiary alicyclic amines) is 1. The smallest absolute Gasteiger partial charge is 0.251 e. The molecule has 6 rings (SSSR count). The lowest BCUT2D eigenvalue weighted by Gasteiger charge is -2.51. The van der Waals surface area contributed by atoms with Gasteiger partial charge in [-0.2, -0.15) is 0 Å². The third kappa shape index (κ3) is 5.24. The molecule has 4 aliphatic rings. The van der Waals surface area contributed by atoms with E-state index in [2.05, 4.69) is 45.4 Å². The van der Waals surface area contributed by atoms with Crippen molar-refractivity contribution in [2.75, 3.05) is 39.3 Å². The molecule has 0 radical (unpaired) electrons. The highest BCUT2D eigenvalue weighted by Crippen LogP contribution is 2.37. The van der Waals surface area contributed by atoms with Gasteiger partial charge in [-0.3, -0.25) is 9.69 Å². The number of hydrogen-bond donors (Lipinski definition) is 1. The number of rotatable bonds is 7. The lowest BCUT2D eigenvalue weighted by atomic mass is 9.75. The molecular formula is C28H37N3O. The number of amides is 1. The molecular weight excluding hydrogens is 394 g/mol. The second-order valence-corrected chi connectivity index (χ2v) is 10.2. The van der Waals surface area contributed by atoms with Crippen LogP contribution in [-0.2, 0) is 6.42 Å². The Morgan fingerprint density at radius 2 is 1.62 bits per heavy atom. The molecule has 1 amide bonds. The number of piperidine rings is 4. The van der Waals surface area contributed by atoms with Crippen LogP contribution in [0.25, 0.3) is 0 Å². The molecule has 1 N–H and O–H groups in total. The quantitative estimate of drug-likeness (QED) is 0.718. The number of hydrogen-bond acceptors (Lipinski definition) is 3. The summed E-state index contributed by atoms with van der Waals surface area (Å²) < 4.78 is 0. The zero-order valence-corrected chi connectivity index (χ0v) is 19.2. The highest BCUT2D eigenvalue weighted by Gasteiger charge is 2.40.